The third-order valence-corrected chi connectivity index (χ3v) is 5.85. The van der Waals surface area contributed by atoms with Crippen LogP contribution in [-0.2, 0) is 19.9 Å². The number of rotatable bonds is 5. The van der Waals surface area contributed by atoms with Gasteiger partial charge in [0, 0.05) is 44.0 Å². The van der Waals surface area contributed by atoms with Gasteiger partial charge in [-0.05, 0) is 24.5 Å². The van der Waals surface area contributed by atoms with Gasteiger partial charge in [-0.2, -0.15) is 0 Å². The second kappa shape index (κ2) is 7.49. The lowest BCUT2D eigenvalue weighted by molar-refractivity contribution is 0.0626. The molecule has 3 heterocycles. The molecule has 5 nitrogen and oxygen atoms in total. The summed E-state index contributed by atoms with van der Waals surface area (Å²) in [7, 11) is 1.99. The zero-order valence-electron chi connectivity index (χ0n) is 14.7. The van der Waals surface area contributed by atoms with E-state index in [-0.39, 0.29) is 11.9 Å². The molecule has 1 N–H and O–H groups in total. The van der Waals surface area contributed by atoms with Gasteiger partial charge in [0.05, 0.1) is 4.88 Å². The number of hydrogen-bond donors (Lipinski definition) is 1. The van der Waals surface area contributed by atoms with E-state index in [2.05, 4.69) is 30.2 Å². The van der Waals surface area contributed by atoms with Gasteiger partial charge in [-0.25, -0.2) is 4.98 Å². The molecule has 1 aliphatic heterocycles. The lowest BCUT2D eigenvalue weighted by atomic mass is 10.1. The second-order valence-electron chi connectivity index (χ2n) is 6.28. The van der Waals surface area contributed by atoms with Crippen LogP contribution in [0.4, 0.5) is 0 Å². The molecule has 3 rings (SSSR count). The number of amides is 1. The first-order valence-corrected chi connectivity index (χ1v) is 9.57. The molecule has 1 atom stereocenters. The van der Waals surface area contributed by atoms with Crippen molar-refractivity contribution >= 4 is 17.2 Å². The number of nitrogens with one attached hydrogen (secondary N) is 1. The molecule has 0 bridgehead atoms. The standard InChI is InChI=1S/C18H26N4OS/c1-4-6-15-13(5-2)11-16(24-15)18(23)22-10-7-19-12-14(22)17-20-8-9-21(17)3/h8-9,11,14,19H,4-7,10,12H2,1-3H3. The van der Waals surface area contributed by atoms with Crippen molar-refractivity contribution in [3.8, 4) is 0 Å². The Kier molecular flexibility index (Phi) is 5.36. The number of aromatic nitrogens is 2. The lowest BCUT2D eigenvalue weighted by Gasteiger charge is -2.35. The Balaban J connectivity index is 1.88. The van der Waals surface area contributed by atoms with Crippen LogP contribution in [0.3, 0.4) is 0 Å². The molecular weight excluding hydrogens is 320 g/mol. The Labute approximate surface area is 147 Å². The van der Waals surface area contributed by atoms with E-state index in [9.17, 15) is 4.79 Å². The molecule has 24 heavy (non-hydrogen) atoms. The number of carbonyl (C=O) groups is 1. The number of thiophene rings is 1. The first-order valence-electron chi connectivity index (χ1n) is 8.76. The van der Waals surface area contributed by atoms with Gasteiger partial charge in [0.25, 0.3) is 5.91 Å². The molecule has 130 valence electrons. The van der Waals surface area contributed by atoms with Gasteiger partial charge in [0.15, 0.2) is 0 Å². The molecule has 2 aromatic rings. The van der Waals surface area contributed by atoms with E-state index < -0.39 is 0 Å². The van der Waals surface area contributed by atoms with E-state index >= 15 is 0 Å². The zero-order chi connectivity index (χ0) is 17.1. The number of nitrogens with zero attached hydrogens (tertiary/aromatic N) is 3. The van der Waals surface area contributed by atoms with Crippen LogP contribution in [0.2, 0.25) is 0 Å². The van der Waals surface area contributed by atoms with Crippen molar-refractivity contribution < 1.29 is 4.79 Å². The Bertz CT molecular complexity index is 706. The minimum Gasteiger partial charge on any atom is -0.336 e. The van der Waals surface area contributed by atoms with Crippen LogP contribution >= 0.6 is 11.3 Å². The Morgan fingerprint density at radius 2 is 2.29 bits per heavy atom. The number of aryl methyl sites for hydroxylation is 3. The first kappa shape index (κ1) is 17.2. The monoisotopic (exact) mass is 346 g/mol. The van der Waals surface area contributed by atoms with Crippen LogP contribution in [0, 0.1) is 0 Å². The topological polar surface area (TPSA) is 50.2 Å². The Morgan fingerprint density at radius 3 is 2.96 bits per heavy atom. The van der Waals surface area contributed by atoms with E-state index in [1.165, 1.54) is 10.4 Å². The minimum atomic E-state index is -0.00643. The third kappa shape index (κ3) is 3.26. The number of hydrogen-bond acceptors (Lipinski definition) is 4. The average Bonchev–Trinajstić information content (AvgIpc) is 3.20. The number of carbonyl (C=O) groups excluding carboxylic acids is 1. The fourth-order valence-electron chi connectivity index (χ4n) is 3.33. The van der Waals surface area contributed by atoms with Gasteiger partial charge in [0.1, 0.15) is 11.9 Å². The molecule has 1 amide bonds. The van der Waals surface area contributed by atoms with Crippen LogP contribution in [0.25, 0.3) is 0 Å². The fourth-order valence-corrected chi connectivity index (χ4v) is 4.64. The second-order valence-corrected chi connectivity index (χ2v) is 7.41. The molecule has 0 radical (unpaired) electrons. The van der Waals surface area contributed by atoms with Crippen molar-refractivity contribution in [2.75, 3.05) is 19.6 Å². The molecular formula is C18H26N4OS. The van der Waals surface area contributed by atoms with Crippen LogP contribution < -0.4 is 5.32 Å². The van der Waals surface area contributed by atoms with Gasteiger partial charge in [-0.1, -0.05) is 20.3 Å². The molecule has 1 aliphatic rings. The fraction of sp³-hybridized carbons (Fsp3) is 0.556. The smallest absolute Gasteiger partial charge is 0.264 e. The molecule has 0 saturated carbocycles. The van der Waals surface area contributed by atoms with Crippen LogP contribution in [0.1, 0.15) is 52.2 Å². The maximum absolute atomic E-state index is 13.2. The SMILES string of the molecule is CCCc1sc(C(=O)N2CCNCC2c2nccn2C)cc1CC. The Morgan fingerprint density at radius 1 is 1.46 bits per heavy atom. The molecule has 0 aromatic carbocycles. The summed E-state index contributed by atoms with van der Waals surface area (Å²) in [5.74, 6) is 1.09. The van der Waals surface area contributed by atoms with Gasteiger partial charge in [-0.3, -0.25) is 4.79 Å². The van der Waals surface area contributed by atoms with Crippen molar-refractivity contribution in [2.45, 2.75) is 39.2 Å². The summed E-state index contributed by atoms with van der Waals surface area (Å²) in [6.45, 7) is 6.66. The highest BCUT2D eigenvalue weighted by Gasteiger charge is 2.32. The third-order valence-electron chi connectivity index (χ3n) is 4.63. The summed E-state index contributed by atoms with van der Waals surface area (Å²) < 4.78 is 2.01. The van der Waals surface area contributed by atoms with E-state index in [1.54, 1.807) is 17.5 Å². The zero-order valence-corrected chi connectivity index (χ0v) is 15.5. The molecule has 6 heteroatoms. The maximum Gasteiger partial charge on any atom is 0.264 e. The number of piperazine rings is 1. The van der Waals surface area contributed by atoms with Crippen molar-refractivity contribution in [1.82, 2.24) is 19.8 Å². The summed E-state index contributed by atoms with van der Waals surface area (Å²) in [5, 5.41) is 3.39. The molecule has 1 saturated heterocycles. The molecule has 2 aromatic heterocycles. The lowest BCUT2D eigenvalue weighted by Crippen LogP contribution is -2.49. The normalized spacial score (nSPS) is 18.1. The molecule has 0 aliphatic carbocycles. The summed E-state index contributed by atoms with van der Waals surface area (Å²) >= 11 is 1.68. The molecule has 1 unspecified atom stereocenters. The van der Waals surface area contributed by atoms with Crippen molar-refractivity contribution in [2.24, 2.45) is 7.05 Å². The number of imidazole rings is 1. The van der Waals surface area contributed by atoms with Crippen molar-refractivity contribution in [3.63, 3.8) is 0 Å². The van der Waals surface area contributed by atoms with Crippen LogP contribution in [0.5, 0.6) is 0 Å². The highest BCUT2D eigenvalue weighted by atomic mass is 32.1. The highest BCUT2D eigenvalue weighted by Crippen LogP contribution is 2.29. The van der Waals surface area contributed by atoms with Gasteiger partial charge < -0.3 is 14.8 Å². The molecule has 1 fully saturated rings. The van der Waals surface area contributed by atoms with E-state index in [0.29, 0.717) is 0 Å². The average molecular weight is 347 g/mol. The summed E-state index contributed by atoms with van der Waals surface area (Å²) in [6.07, 6.45) is 6.90. The quantitative estimate of drug-likeness (QED) is 0.906. The highest BCUT2D eigenvalue weighted by molar-refractivity contribution is 7.14. The minimum absolute atomic E-state index is 0.00643. The predicted molar refractivity (Wildman–Crippen MR) is 97.5 cm³/mol. The molecule has 0 spiro atoms. The van der Waals surface area contributed by atoms with E-state index in [1.807, 2.05) is 22.7 Å². The summed E-state index contributed by atoms with van der Waals surface area (Å²) in [4.78, 5) is 21.9. The van der Waals surface area contributed by atoms with Gasteiger partial charge in [-0.15, -0.1) is 11.3 Å². The first-order chi connectivity index (χ1) is 11.7. The maximum atomic E-state index is 13.2. The van der Waals surface area contributed by atoms with Crippen LogP contribution in [0.15, 0.2) is 18.5 Å². The largest absolute Gasteiger partial charge is 0.336 e. The Hall–Kier alpha value is -1.66. The van der Waals surface area contributed by atoms with Crippen molar-refractivity contribution in [1.29, 1.82) is 0 Å². The summed E-state index contributed by atoms with van der Waals surface area (Å²) in [5.41, 5.74) is 1.33. The van der Waals surface area contributed by atoms with E-state index in [4.69, 9.17) is 0 Å². The van der Waals surface area contributed by atoms with E-state index in [0.717, 1.165) is 49.6 Å². The summed E-state index contributed by atoms with van der Waals surface area (Å²) in [6, 6.07) is 2.10. The van der Waals surface area contributed by atoms with Crippen LogP contribution in [-0.4, -0.2) is 40.0 Å². The predicted octanol–water partition coefficient (Wildman–Crippen LogP) is 2.78. The van der Waals surface area contributed by atoms with Crippen molar-refractivity contribution in [3.05, 3.63) is 39.6 Å². The van der Waals surface area contributed by atoms with Gasteiger partial charge >= 0.3 is 0 Å². The van der Waals surface area contributed by atoms with Gasteiger partial charge in [0.2, 0.25) is 0 Å².